The molecule has 0 bridgehead atoms. The lowest BCUT2D eigenvalue weighted by Crippen LogP contribution is -2.39. The minimum Gasteiger partial charge on any atom is -0.480 e. The van der Waals surface area contributed by atoms with Gasteiger partial charge in [0.05, 0.1) is 10.2 Å². The Morgan fingerprint density at radius 2 is 2.32 bits per heavy atom. The minimum atomic E-state index is -0.773. The number of aliphatic carboxylic acids is 1. The van der Waals surface area contributed by atoms with E-state index in [2.05, 4.69) is 9.97 Å². The van der Waals surface area contributed by atoms with Crippen LogP contribution in [0.5, 0.6) is 0 Å². The number of carboxylic acid groups (broad SMARTS) is 1. The predicted molar refractivity (Wildman–Crippen MR) is 74.7 cm³/mol. The van der Waals surface area contributed by atoms with Gasteiger partial charge in [-0.3, -0.25) is 0 Å². The van der Waals surface area contributed by atoms with Gasteiger partial charge < -0.3 is 10.0 Å². The molecule has 0 radical (unpaired) electrons. The predicted octanol–water partition coefficient (Wildman–Crippen LogP) is 2.30. The Kier molecular flexibility index (Phi) is 2.89. The van der Waals surface area contributed by atoms with Gasteiger partial charge in [-0.25, -0.2) is 14.8 Å². The molecule has 2 aromatic rings. The highest BCUT2D eigenvalue weighted by Gasteiger charge is 2.38. The summed E-state index contributed by atoms with van der Waals surface area (Å²) in [6.45, 7) is 4.73. The van der Waals surface area contributed by atoms with Gasteiger partial charge in [0.15, 0.2) is 5.82 Å². The van der Waals surface area contributed by atoms with Crippen LogP contribution in [0.15, 0.2) is 11.7 Å². The number of anilines is 1. The Morgan fingerprint density at radius 1 is 1.53 bits per heavy atom. The highest BCUT2D eigenvalue weighted by atomic mass is 32.1. The third-order valence-corrected chi connectivity index (χ3v) is 4.82. The molecule has 0 spiro atoms. The molecule has 2 unspecified atom stereocenters. The number of aryl methyl sites for hydroxylation is 1. The molecule has 1 N–H and O–H groups in total. The van der Waals surface area contributed by atoms with Gasteiger partial charge >= 0.3 is 5.97 Å². The maximum atomic E-state index is 11.5. The number of fused-ring (bicyclic) bond motifs is 1. The number of thiophene rings is 1. The van der Waals surface area contributed by atoms with E-state index in [1.807, 2.05) is 24.1 Å². The SMILES string of the molecule is Cc1csc2c(N3CCC(C)C3C(=O)O)ncnc12. The minimum absolute atomic E-state index is 0.142. The number of aromatic nitrogens is 2. The van der Waals surface area contributed by atoms with E-state index in [1.165, 1.54) is 6.33 Å². The molecule has 3 heterocycles. The zero-order valence-electron chi connectivity index (χ0n) is 10.8. The molecule has 0 aromatic carbocycles. The second-order valence-electron chi connectivity index (χ2n) is 5.04. The second-order valence-corrected chi connectivity index (χ2v) is 5.92. The summed E-state index contributed by atoms with van der Waals surface area (Å²) >= 11 is 1.58. The van der Waals surface area contributed by atoms with Crippen molar-refractivity contribution < 1.29 is 9.90 Å². The van der Waals surface area contributed by atoms with Crippen molar-refractivity contribution in [2.45, 2.75) is 26.3 Å². The second kappa shape index (κ2) is 4.45. The first kappa shape index (κ1) is 12.3. The maximum absolute atomic E-state index is 11.5. The molecule has 0 aliphatic carbocycles. The summed E-state index contributed by atoms with van der Waals surface area (Å²) in [5.74, 6) is 0.133. The Labute approximate surface area is 114 Å². The Balaban J connectivity index is 2.11. The molecule has 1 fully saturated rings. The summed E-state index contributed by atoms with van der Waals surface area (Å²) in [7, 11) is 0. The van der Waals surface area contributed by atoms with E-state index < -0.39 is 12.0 Å². The first-order valence-corrected chi connectivity index (χ1v) is 7.16. The third-order valence-electron chi connectivity index (χ3n) is 3.74. The molecule has 5 nitrogen and oxygen atoms in total. The molecule has 1 aliphatic heterocycles. The largest absolute Gasteiger partial charge is 0.480 e. The van der Waals surface area contributed by atoms with E-state index in [1.54, 1.807) is 11.3 Å². The monoisotopic (exact) mass is 277 g/mol. The first-order chi connectivity index (χ1) is 9.09. The average molecular weight is 277 g/mol. The summed E-state index contributed by atoms with van der Waals surface area (Å²) in [6, 6.07) is -0.486. The van der Waals surface area contributed by atoms with Gasteiger partial charge in [0.2, 0.25) is 0 Å². The van der Waals surface area contributed by atoms with Crippen LogP contribution in [0.4, 0.5) is 5.82 Å². The van der Waals surface area contributed by atoms with Gasteiger partial charge in [0, 0.05) is 6.54 Å². The van der Waals surface area contributed by atoms with Crippen LogP contribution in [-0.2, 0) is 4.79 Å². The van der Waals surface area contributed by atoms with Gasteiger partial charge in [-0.2, -0.15) is 0 Å². The average Bonchev–Trinajstić information content (AvgIpc) is 2.93. The standard InChI is InChI=1S/C13H15N3O2S/c1-7-3-4-16(10(7)13(17)18)12-11-9(14-6-15-12)8(2)5-19-11/h5-7,10H,3-4H2,1-2H3,(H,17,18). The first-order valence-electron chi connectivity index (χ1n) is 6.28. The molecule has 1 saturated heterocycles. The van der Waals surface area contributed by atoms with E-state index in [0.29, 0.717) is 0 Å². The van der Waals surface area contributed by atoms with Crippen molar-refractivity contribution in [2.75, 3.05) is 11.4 Å². The van der Waals surface area contributed by atoms with Gasteiger partial charge in [-0.05, 0) is 30.2 Å². The lowest BCUT2D eigenvalue weighted by Gasteiger charge is -2.24. The molecular formula is C13H15N3O2S. The molecule has 100 valence electrons. The normalized spacial score (nSPS) is 23.2. The molecule has 2 aromatic heterocycles. The Morgan fingerprint density at radius 3 is 3.05 bits per heavy atom. The van der Waals surface area contributed by atoms with E-state index >= 15 is 0 Å². The van der Waals surface area contributed by atoms with Crippen LogP contribution < -0.4 is 4.90 Å². The fourth-order valence-electron chi connectivity index (χ4n) is 2.72. The Hall–Kier alpha value is -1.69. The summed E-state index contributed by atoms with van der Waals surface area (Å²) < 4.78 is 0.986. The van der Waals surface area contributed by atoms with Gasteiger partial charge in [-0.15, -0.1) is 11.3 Å². The fraction of sp³-hybridized carbons (Fsp3) is 0.462. The van der Waals surface area contributed by atoms with Crippen LogP contribution in [0.2, 0.25) is 0 Å². The summed E-state index contributed by atoms with van der Waals surface area (Å²) in [6.07, 6.45) is 2.41. The van der Waals surface area contributed by atoms with Crippen molar-refractivity contribution in [3.8, 4) is 0 Å². The van der Waals surface area contributed by atoms with Gasteiger partial charge in [-0.1, -0.05) is 6.92 Å². The highest BCUT2D eigenvalue weighted by molar-refractivity contribution is 7.18. The van der Waals surface area contributed by atoms with Crippen LogP contribution in [0.1, 0.15) is 18.9 Å². The molecule has 0 amide bonds. The Bertz CT molecular complexity index is 640. The number of rotatable bonds is 2. The summed E-state index contributed by atoms with van der Waals surface area (Å²) in [4.78, 5) is 22.0. The van der Waals surface area contributed by atoms with Crippen molar-refractivity contribution >= 4 is 33.3 Å². The molecule has 2 atom stereocenters. The topological polar surface area (TPSA) is 66.3 Å². The summed E-state index contributed by atoms with van der Waals surface area (Å²) in [5, 5.41) is 11.5. The number of hydrogen-bond donors (Lipinski definition) is 1. The van der Waals surface area contributed by atoms with Gasteiger partial charge in [0.1, 0.15) is 12.4 Å². The lowest BCUT2D eigenvalue weighted by atomic mass is 10.0. The zero-order chi connectivity index (χ0) is 13.6. The van der Waals surface area contributed by atoms with E-state index in [-0.39, 0.29) is 5.92 Å². The van der Waals surface area contributed by atoms with Crippen LogP contribution >= 0.6 is 11.3 Å². The number of hydrogen-bond acceptors (Lipinski definition) is 5. The third kappa shape index (κ3) is 1.87. The van der Waals surface area contributed by atoms with E-state index in [4.69, 9.17) is 0 Å². The van der Waals surface area contributed by atoms with Crippen LogP contribution in [0, 0.1) is 12.8 Å². The molecule has 0 saturated carbocycles. The van der Waals surface area contributed by atoms with Crippen molar-refractivity contribution in [3.05, 3.63) is 17.3 Å². The van der Waals surface area contributed by atoms with E-state index in [0.717, 1.165) is 34.6 Å². The maximum Gasteiger partial charge on any atom is 0.326 e. The van der Waals surface area contributed by atoms with Crippen LogP contribution in [-0.4, -0.2) is 33.6 Å². The van der Waals surface area contributed by atoms with Crippen molar-refractivity contribution in [1.82, 2.24) is 9.97 Å². The number of carboxylic acids is 1. The molecule has 3 rings (SSSR count). The zero-order valence-corrected chi connectivity index (χ0v) is 11.6. The fourth-order valence-corrected chi connectivity index (χ4v) is 3.73. The molecule has 19 heavy (non-hydrogen) atoms. The quantitative estimate of drug-likeness (QED) is 0.912. The highest BCUT2D eigenvalue weighted by Crippen LogP contribution is 2.36. The van der Waals surface area contributed by atoms with Gasteiger partial charge in [0.25, 0.3) is 0 Å². The van der Waals surface area contributed by atoms with Crippen molar-refractivity contribution in [3.63, 3.8) is 0 Å². The molecular weight excluding hydrogens is 262 g/mol. The summed E-state index contributed by atoms with van der Waals surface area (Å²) in [5.41, 5.74) is 2.04. The molecule has 1 aliphatic rings. The van der Waals surface area contributed by atoms with Crippen molar-refractivity contribution in [1.29, 1.82) is 0 Å². The van der Waals surface area contributed by atoms with Crippen LogP contribution in [0.3, 0.4) is 0 Å². The van der Waals surface area contributed by atoms with E-state index in [9.17, 15) is 9.90 Å². The number of carbonyl (C=O) groups is 1. The van der Waals surface area contributed by atoms with Crippen molar-refractivity contribution in [2.24, 2.45) is 5.92 Å². The molecule has 6 heteroatoms. The lowest BCUT2D eigenvalue weighted by molar-refractivity contribution is -0.139. The smallest absolute Gasteiger partial charge is 0.326 e. The number of nitrogens with zero attached hydrogens (tertiary/aromatic N) is 3. The van der Waals surface area contributed by atoms with Crippen LogP contribution in [0.25, 0.3) is 10.2 Å².